The monoisotopic (exact) mass is 284 g/mol. The molecule has 1 amide bonds. The zero-order valence-electron chi connectivity index (χ0n) is 13.1. The van der Waals surface area contributed by atoms with Crippen molar-refractivity contribution in [3.8, 4) is 0 Å². The predicted octanol–water partition coefficient (Wildman–Crippen LogP) is 2.15. The van der Waals surface area contributed by atoms with Crippen LogP contribution in [0, 0.1) is 0 Å². The molecule has 2 atom stereocenters. The minimum absolute atomic E-state index is 0.200. The second kappa shape index (κ2) is 6.31. The summed E-state index contributed by atoms with van der Waals surface area (Å²) in [5.41, 5.74) is -0.412. The number of hydrogen-bond donors (Lipinski definition) is 1. The van der Waals surface area contributed by atoms with Crippen LogP contribution in [0.15, 0.2) is 0 Å². The Kier molecular flexibility index (Phi) is 4.91. The van der Waals surface area contributed by atoms with Crippen LogP contribution in [0.5, 0.6) is 0 Å². The first kappa shape index (κ1) is 15.6. The summed E-state index contributed by atoms with van der Waals surface area (Å²) in [5.74, 6) is 0. The van der Waals surface area contributed by atoms with E-state index in [0.717, 1.165) is 19.5 Å². The highest BCUT2D eigenvalue weighted by molar-refractivity contribution is 5.69. The summed E-state index contributed by atoms with van der Waals surface area (Å²) in [5, 5.41) is 3.64. The molecule has 1 N–H and O–H groups in total. The van der Waals surface area contributed by atoms with Gasteiger partial charge in [0.1, 0.15) is 5.60 Å². The van der Waals surface area contributed by atoms with Crippen molar-refractivity contribution in [2.45, 2.75) is 70.2 Å². The molecule has 1 heterocycles. The number of hydrogen-bond acceptors (Lipinski definition) is 4. The number of carbonyl (C=O) groups is 1. The van der Waals surface area contributed by atoms with Crippen LogP contribution < -0.4 is 5.32 Å². The Labute approximate surface area is 122 Å². The summed E-state index contributed by atoms with van der Waals surface area (Å²) < 4.78 is 10.8. The average Bonchev–Trinajstić information content (AvgIpc) is 2.31. The average molecular weight is 284 g/mol. The number of amides is 1. The van der Waals surface area contributed by atoms with E-state index < -0.39 is 5.60 Å². The second-order valence-corrected chi connectivity index (χ2v) is 6.97. The zero-order chi connectivity index (χ0) is 14.8. The number of ether oxygens (including phenoxy) is 2. The molecule has 116 valence electrons. The van der Waals surface area contributed by atoms with Crippen molar-refractivity contribution in [1.82, 2.24) is 10.2 Å². The fourth-order valence-electron chi connectivity index (χ4n) is 2.90. The molecule has 0 bridgehead atoms. The smallest absolute Gasteiger partial charge is 0.410 e. The molecule has 5 nitrogen and oxygen atoms in total. The lowest BCUT2D eigenvalue weighted by molar-refractivity contribution is 0.000844. The maximum Gasteiger partial charge on any atom is 0.410 e. The van der Waals surface area contributed by atoms with Gasteiger partial charge in [0.2, 0.25) is 0 Å². The van der Waals surface area contributed by atoms with Gasteiger partial charge in [-0.3, -0.25) is 0 Å². The fourth-order valence-corrected chi connectivity index (χ4v) is 2.90. The minimum atomic E-state index is -0.412. The molecule has 0 radical (unpaired) electrons. The normalized spacial score (nSPS) is 28.1. The van der Waals surface area contributed by atoms with Gasteiger partial charge >= 0.3 is 6.09 Å². The molecule has 2 fully saturated rings. The molecule has 2 rings (SSSR count). The first-order valence-electron chi connectivity index (χ1n) is 7.64. The summed E-state index contributed by atoms with van der Waals surface area (Å²) in [7, 11) is 1.79. The number of methoxy groups -OCH3 is 1. The van der Waals surface area contributed by atoms with E-state index in [4.69, 9.17) is 9.47 Å². The van der Waals surface area contributed by atoms with Crippen molar-refractivity contribution in [3.05, 3.63) is 0 Å². The summed E-state index contributed by atoms with van der Waals surface area (Å²) in [6.07, 6.45) is 4.88. The number of nitrogens with one attached hydrogen (secondary N) is 1. The van der Waals surface area contributed by atoms with E-state index in [-0.39, 0.29) is 6.09 Å². The van der Waals surface area contributed by atoms with E-state index in [9.17, 15) is 4.79 Å². The van der Waals surface area contributed by atoms with Crippen LogP contribution in [-0.2, 0) is 9.47 Å². The second-order valence-electron chi connectivity index (χ2n) is 6.97. The van der Waals surface area contributed by atoms with E-state index in [2.05, 4.69) is 5.32 Å². The Morgan fingerprint density at radius 1 is 1.20 bits per heavy atom. The molecule has 1 saturated heterocycles. The van der Waals surface area contributed by atoms with Gasteiger partial charge in [-0.15, -0.1) is 0 Å². The van der Waals surface area contributed by atoms with Gasteiger partial charge in [-0.1, -0.05) is 0 Å². The van der Waals surface area contributed by atoms with Crippen LogP contribution in [0.2, 0.25) is 0 Å². The Bertz CT molecular complexity index is 335. The Morgan fingerprint density at radius 3 is 2.50 bits per heavy atom. The Hall–Kier alpha value is -0.810. The van der Waals surface area contributed by atoms with E-state index in [1.165, 1.54) is 19.3 Å². The van der Waals surface area contributed by atoms with E-state index >= 15 is 0 Å². The molecule has 1 aliphatic carbocycles. The summed E-state index contributed by atoms with van der Waals surface area (Å²) >= 11 is 0. The molecule has 0 aromatic rings. The van der Waals surface area contributed by atoms with Crippen molar-refractivity contribution in [2.75, 3.05) is 20.2 Å². The van der Waals surface area contributed by atoms with E-state index in [1.807, 2.05) is 20.8 Å². The maximum absolute atomic E-state index is 11.8. The van der Waals surface area contributed by atoms with Crippen LogP contribution in [-0.4, -0.2) is 55.0 Å². The number of nitrogens with zero attached hydrogens (tertiary/aromatic N) is 1. The molecule has 0 aromatic carbocycles. The van der Waals surface area contributed by atoms with E-state index in [0.29, 0.717) is 18.2 Å². The Balaban J connectivity index is 1.67. The molecule has 1 saturated carbocycles. The van der Waals surface area contributed by atoms with Gasteiger partial charge in [0.25, 0.3) is 0 Å². The third-order valence-corrected chi connectivity index (χ3v) is 3.96. The summed E-state index contributed by atoms with van der Waals surface area (Å²) in [4.78, 5) is 13.6. The molecule has 0 spiro atoms. The highest BCUT2D eigenvalue weighted by Gasteiger charge is 2.35. The molecule has 20 heavy (non-hydrogen) atoms. The minimum Gasteiger partial charge on any atom is -0.444 e. The lowest BCUT2D eigenvalue weighted by Gasteiger charge is -2.43. The van der Waals surface area contributed by atoms with Gasteiger partial charge in [0, 0.05) is 32.3 Å². The number of carbonyl (C=O) groups excluding carboxylic acids is 1. The van der Waals surface area contributed by atoms with E-state index in [1.54, 1.807) is 12.0 Å². The van der Waals surface area contributed by atoms with Crippen LogP contribution in [0.4, 0.5) is 4.79 Å². The van der Waals surface area contributed by atoms with Crippen LogP contribution in [0.25, 0.3) is 0 Å². The van der Waals surface area contributed by atoms with Crippen molar-refractivity contribution in [1.29, 1.82) is 0 Å². The van der Waals surface area contributed by atoms with Crippen molar-refractivity contribution in [3.63, 3.8) is 0 Å². The van der Waals surface area contributed by atoms with Crippen molar-refractivity contribution >= 4 is 6.09 Å². The van der Waals surface area contributed by atoms with Crippen LogP contribution in [0.3, 0.4) is 0 Å². The van der Waals surface area contributed by atoms with Crippen molar-refractivity contribution < 1.29 is 14.3 Å². The fraction of sp³-hybridized carbons (Fsp3) is 0.933. The van der Waals surface area contributed by atoms with Gasteiger partial charge in [0.05, 0.1) is 6.10 Å². The van der Waals surface area contributed by atoms with Gasteiger partial charge in [-0.05, 0) is 46.5 Å². The topological polar surface area (TPSA) is 50.8 Å². The van der Waals surface area contributed by atoms with Crippen LogP contribution >= 0.6 is 0 Å². The third-order valence-electron chi connectivity index (χ3n) is 3.96. The molecular formula is C15H28N2O3. The highest BCUT2D eigenvalue weighted by atomic mass is 16.6. The lowest BCUT2D eigenvalue weighted by atomic mass is 9.91. The van der Waals surface area contributed by atoms with Gasteiger partial charge in [-0.25, -0.2) is 4.79 Å². The summed E-state index contributed by atoms with van der Waals surface area (Å²) in [6.45, 7) is 7.19. The van der Waals surface area contributed by atoms with Gasteiger partial charge in [-0.2, -0.15) is 0 Å². The SMILES string of the molecule is COC1CCCC(NC2CN(C(=O)OC(C)(C)C)C2)C1. The molecule has 5 heteroatoms. The molecule has 0 aromatic heterocycles. The Morgan fingerprint density at radius 2 is 1.90 bits per heavy atom. The quantitative estimate of drug-likeness (QED) is 0.863. The zero-order valence-corrected chi connectivity index (χ0v) is 13.1. The largest absolute Gasteiger partial charge is 0.444 e. The predicted molar refractivity (Wildman–Crippen MR) is 77.8 cm³/mol. The first-order chi connectivity index (χ1) is 9.37. The third kappa shape index (κ3) is 4.35. The molecule has 2 aliphatic rings. The molecule has 2 unspecified atom stereocenters. The maximum atomic E-state index is 11.8. The molecule has 1 aliphatic heterocycles. The number of likely N-dealkylation sites (tertiary alicyclic amines) is 1. The van der Waals surface area contributed by atoms with Crippen molar-refractivity contribution in [2.24, 2.45) is 0 Å². The summed E-state index contributed by atoms with van der Waals surface area (Å²) in [6, 6.07) is 0.933. The number of rotatable bonds is 3. The van der Waals surface area contributed by atoms with Crippen LogP contribution in [0.1, 0.15) is 46.5 Å². The highest BCUT2D eigenvalue weighted by Crippen LogP contribution is 2.23. The van der Waals surface area contributed by atoms with Gasteiger partial charge in [0.15, 0.2) is 0 Å². The first-order valence-corrected chi connectivity index (χ1v) is 7.64. The standard InChI is InChI=1S/C15H28N2O3/c1-15(2,3)20-14(18)17-9-12(10-17)16-11-6-5-7-13(8-11)19-4/h11-13,16H,5-10H2,1-4H3. The van der Waals surface area contributed by atoms with Gasteiger partial charge < -0.3 is 19.7 Å². The molecular weight excluding hydrogens is 256 g/mol. The lowest BCUT2D eigenvalue weighted by Crippen LogP contribution is -2.62.